The summed E-state index contributed by atoms with van der Waals surface area (Å²) in [4.78, 5) is 27.0. The SMILES string of the molecule is CC(=O)[C@H](C1CCNC1)N(Cc1ccccc1)C(=O)OCc1ccccc1. The summed E-state index contributed by atoms with van der Waals surface area (Å²) >= 11 is 0. The predicted octanol–water partition coefficient (Wildman–Crippen LogP) is 3.39. The van der Waals surface area contributed by atoms with Crippen molar-refractivity contribution in [2.24, 2.45) is 5.92 Å². The van der Waals surface area contributed by atoms with Crippen LogP contribution in [0.2, 0.25) is 0 Å². The number of amides is 1. The molecule has 142 valence electrons. The first-order valence-electron chi connectivity index (χ1n) is 9.37. The van der Waals surface area contributed by atoms with Crippen LogP contribution in [0.3, 0.4) is 0 Å². The highest BCUT2D eigenvalue weighted by molar-refractivity contribution is 5.86. The van der Waals surface area contributed by atoms with Gasteiger partial charge in [-0.25, -0.2) is 4.79 Å². The van der Waals surface area contributed by atoms with Crippen LogP contribution in [0.25, 0.3) is 0 Å². The number of hydrogen-bond donors (Lipinski definition) is 1. The molecule has 1 unspecified atom stereocenters. The molecule has 0 spiro atoms. The van der Waals surface area contributed by atoms with Crippen molar-refractivity contribution >= 4 is 11.9 Å². The van der Waals surface area contributed by atoms with Crippen LogP contribution in [0, 0.1) is 5.92 Å². The van der Waals surface area contributed by atoms with Crippen LogP contribution in [-0.2, 0) is 22.7 Å². The van der Waals surface area contributed by atoms with E-state index in [4.69, 9.17) is 4.74 Å². The van der Waals surface area contributed by atoms with Gasteiger partial charge in [0.05, 0.1) is 6.04 Å². The van der Waals surface area contributed by atoms with Crippen LogP contribution < -0.4 is 5.32 Å². The number of ketones is 1. The molecule has 1 saturated heterocycles. The predicted molar refractivity (Wildman–Crippen MR) is 104 cm³/mol. The van der Waals surface area contributed by atoms with E-state index >= 15 is 0 Å². The van der Waals surface area contributed by atoms with Crippen LogP contribution >= 0.6 is 0 Å². The van der Waals surface area contributed by atoms with Gasteiger partial charge in [0.25, 0.3) is 0 Å². The fourth-order valence-corrected chi connectivity index (χ4v) is 3.61. The van der Waals surface area contributed by atoms with Gasteiger partial charge >= 0.3 is 6.09 Å². The van der Waals surface area contributed by atoms with E-state index in [0.717, 1.165) is 30.6 Å². The molecule has 27 heavy (non-hydrogen) atoms. The average Bonchev–Trinajstić information content (AvgIpc) is 3.21. The quantitative estimate of drug-likeness (QED) is 0.816. The second kappa shape index (κ2) is 9.33. The number of carbonyl (C=O) groups is 2. The zero-order valence-corrected chi connectivity index (χ0v) is 15.6. The van der Waals surface area contributed by atoms with Crippen molar-refractivity contribution in [2.75, 3.05) is 13.1 Å². The van der Waals surface area contributed by atoms with E-state index in [1.807, 2.05) is 60.7 Å². The van der Waals surface area contributed by atoms with E-state index < -0.39 is 12.1 Å². The van der Waals surface area contributed by atoms with E-state index in [0.29, 0.717) is 6.54 Å². The lowest BCUT2D eigenvalue weighted by Gasteiger charge is -2.33. The molecule has 1 amide bonds. The molecule has 2 atom stereocenters. The third-order valence-electron chi connectivity index (χ3n) is 4.93. The van der Waals surface area contributed by atoms with Crippen LogP contribution in [0.4, 0.5) is 4.79 Å². The monoisotopic (exact) mass is 366 g/mol. The van der Waals surface area contributed by atoms with E-state index in [2.05, 4.69) is 5.32 Å². The van der Waals surface area contributed by atoms with Crippen molar-refractivity contribution < 1.29 is 14.3 Å². The Bertz CT molecular complexity index is 743. The average molecular weight is 366 g/mol. The number of Topliss-reactive ketones (excluding diaryl/α,β-unsaturated/α-hetero) is 1. The van der Waals surface area contributed by atoms with Gasteiger partial charge in [-0.05, 0) is 31.0 Å². The molecule has 0 aromatic heterocycles. The molecule has 2 aromatic rings. The number of rotatable bonds is 7. The van der Waals surface area contributed by atoms with Crippen molar-refractivity contribution in [1.29, 1.82) is 0 Å². The van der Waals surface area contributed by atoms with Gasteiger partial charge in [0.2, 0.25) is 0 Å². The highest BCUT2D eigenvalue weighted by Gasteiger charge is 2.36. The Hall–Kier alpha value is -2.66. The Morgan fingerprint density at radius 2 is 1.70 bits per heavy atom. The molecule has 0 saturated carbocycles. The number of benzene rings is 2. The van der Waals surface area contributed by atoms with Crippen LogP contribution in [0.15, 0.2) is 60.7 Å². The van der Waals surface area contributed by atoms with Gasteiger partial charge in [-0.2, -0.15) is 0 Å². The highest BCUT2D eigenvalue weighted by atomic mass is 16.6. The Balaban J connectivity index is 1.79. The molecule has 0 radical (unpaired) electrons. The zero-order chi connectivity index (χ0) is 19.1. The lowest BCUT2D eigenvalue weighted by molar-refractivity contribution is -0.123. The first-order valence-corrected chi connectivity index (χ1v) is 9.37. The second-order valence-corrected chi connectivity index (χ2v) is 6.96. The van der Waals surface area contributed by atoms with Gasteiger partial charge < -0.3 is 10.1 Å². The van der Waals surface area contributed by atoms with E-state index in [1.165, 1.54) is 0 Å². The molecule has 1 N–H and O–H groups in total. The normalized spacial score (nSPS) is 17.3. The van der Waals surface area contributed by atoms with Crippen LogP contribution in [-0.4, -0.2) is 35.9 Å². The smallest absolute Gasteiger partial charge is 0.411 e. The van der Waals surface area contributed by atoms with Crippen molar-refractivity contribution in [3.05, 3.63) is 71.8 Å². The van der Waals surface area contributed by atoms with Gasteiger partial charge in [0, 0.05) is 19.0 Å². The zero-order valence-electron chi connectivity index (χ0n) is 15.6. The molecular formula is C22H26N2O3. The highest BCUT2D eigenvalue weighted by Crippen LogP contribution is 2.23. The fraction of sp³-hybridized carbons (Fsp3) is 0.364. The summed E-state index contributed by atoms with van der Waals surface area (Å²) in [5.41, 5.74) is 1.90. The maximum Gasteiger partial charge on any atom is 0.411 e. The molecule has 5 heteroatoms. The lowest BCUT2D eigenvalue weighted by Crippen LogP contribution is -2.49. The fourth-order valence-electron chi connectivity index (χ4n) is 3.61. The number of hydrogen-bond acceptors (Lipinski definition) is 4. The standard InChI is InChI=1S/C22H26N2O3/c1-17(25)21(20-12-13-23-14-20)24(15-18-8-4-2-5-9-18)22(26)27-16-19-10-6-3-7-11-19/h2-11,20-21,23H,12-16H2,1H3/t20?,21-/m1/s1. The summed E-state index contributed by atoms with van der Waals surface area (Å²) in [7, 11) is 0. The van der Waals surface area contributed by atoms with E-state index in [9.17, 15) is 9.59 Å². The molecule has 1 fully saturated rings. The minimum atomic E-state index is -0.483. The number of ether oxygens (including phenoxy) is 1. The molecule has 3 rings (SSSR count). The van der Waals surface area contributed by atoms with E-state index in [-0.39, 0.29) is 18.3 Å². The lowest BCUT2D eigenvalue weighted by atomic mass is 9.94. The second-order valence-electron chi connectivity index (χ2n) is 6.96. The Labute approximate surface area is 160 Å². The summed E-state index contributed by atoms with van der Waals surface area (Å²) in [5, 5.41) is 3.29. The Kier molecular flexibility index (Phi) is 6.60. The van der Waals surface area contributed by atoms with Crippen molar-refractivity contribution in [3.8, 4) is 0 Å². The molecule has 0 bridgehead atoms. The van der Waals surface area contributed by atoms with Crippen molar-refractivity contribution in [1.82, 2.24) is 10.2 Å². The third kappa shape index (κ3) is 5.17. The maximum absolute atomic E-state index is 13.0. The molecule has 0 aliphatic carbocycles. The number of nitrogens with zero attached hydrogens (tertiary/aromatic N) is 1. The maximum atomic E-state index is 13.0. The molecule has 1 aliphatic heterocycles. The van der Waals surface area contributed by atoms with Crippen molar-refractivity contribution in [2.45, 2.75) is 32.5 Å². The van der Waals surface area contributed by atoms with Crippen LogP contribution in [0.1, 0.15) is 24.5 Å². The van der Waals surface area contributed by atoms with Gasteiger partial charge in [-0.3, -0.25) is 9.69 Å². The van der Waals surface area contributed by atoms with Crippen molar-refractivity contribution in [3.63, 3.8) is 0 Å². The summed E-state index contributed by atoms with van der Waals surface area (Å²) in [6, 6.07) is 18.8. The van der Waals surface area contributed by atoms with Crippen LogP contribution in [0.5, 0.6) is 0 Å². The van der Waals surface area contributed by atoms with Gasteiger partial charge in [0.15, 0.2) is 5.78 Å². The first kappa shape index (κ1) is 19.1. The molecule has 5 nitrogen and oxygen atoms in total. The minimum Gasteiger partial charge on any atom is -0.445 e. The number of nitrogens with one attached hydrogen (secondary N) is 1. The summed E-state index contributed by atoms with van der Waals surface area (Å²) in [5.74, 6) is 0.103. The third-order valence-corrected chi connectivity index (χ3v) is 4.93. The Morgan fingerprint density at radius 3 is 2.26 bits per heavy atom. The topological polar surface area (TPSA) is 58.6 Å². The summed E-state index contributed by atoms with van der Waals surface area (Å²) in [6.07, 6.45) is 0.427. The minimum absolute atomic E-state index is 0.00343. The molecule has 2 aromatic carbocycles. The molecule has 1 heterocycles. The summed E-state index contributed by atoms with van der Waals surface area (Å²) in [6.45, 7) is 3.72. The molecular weight excluding hydrogens is 340 g/mol. The largest absolute Gasteiger partial charge is 0.445 e. The first-order chi connectivity index (χ1) is 13.1. The summed E-state index contributed by atoms with van der Waals surface area (Å²) < 4.78 is 5.57. The van der Waals surface area contributed by atoms with E-state index in [1.54, 1.807) is 11.8 Å². The van der Waals surface area contributed by atoms with Gasteiger partial charge in [-0.1, -0.05) is 60.7 Å². The van der Waals surface area contributed by atoms with Gasteiger partial charge in [0.1, 0.15) is 6.61 Å². The molecule has 1 aliphatic rings. The Morgan fingerprint density at radius 1 is 1.07 bits per heavy atom. The number of carbonyl (C=O) groups excluding carboxylic acids is 2. The van der Waals surface area contributed by atoms with Gasteiger partial charge in [-0.15, -0.1) is 0 Å².